The van der Waals surface area contributed by atoms with Crippen LogP contribution in [-0.4, -0.2) is 20.8 Å². The summed E-state index contributed by atoms with van der Waals surface area (Å²) in [5.74, 6) is 0.440. The predicted octanol–water partition coefficient (Wildman–Crippen LogP) is 3.21. The first kappa shape index (κ1) is 13.1. The van der Waals surface area contributed by atoms with Crippen molar-refractivity contribution in [3.63, 3.8) is 0 Å². The van der Waals surface area contributed by atoms with Crippen molar-refractivity contribution < 1.29 is 4.79 Å². The second kappa shape index (κ2) is 5.58. The van der Waals surface area contributed by atoms with Gasteiger partial charge in [0, 0.05) is 12.6 Å². The normalized spacial score (nSPS) is 10.3. The Morgan fingerprint density at radius 3 is 2.24 bits per heavy atom. The average molecular weight is 278 g/mol. The van der Waals surface area contributed by atoms with Crippen LogP contribution < -0.4 is 5.32 Å². The zero-order chi connectivity index (χ0) is 14.7. The van der Waals surface area contributed by atoms with E-state index in [9.17, 15) is 4.79 Å². The van der Waals surface area contributed by atoms with Gasteiger partial charge in [-0.1, -0.05) is 41.6 Å². The molecule has 1 heterocycles. The highest BCUT2D eigenvalue weighted by Crippen LogP contribution is 2.22. The second-order valence-electron chi connectivity index (χ2n) is 4.58. The van der Waals surface area contributed by atoms with Crippen molar-refractivity contribution in [3.05, 3.63) is 66.4 Å². The zero-order valence-electron chi connectivity index (χ0n) is 11.5. The fraction of sp³-hybridized carbons (Fsp3) is 0.0625. The smallest absolute Gasteiger partial charge is 0.183 e. The first-order valence-corrected chi connectivity index (χ1v) is 6.60. The van der Waals surface area contributed by atoms with Crippen molar-refractivity contribution in [2.24, 2.45) is 0 Å². The van der Waals surface area contributed by atoms with E-state index in [0.717, 1.165) is 11.4 Å². The van der Waals surface area contributed by atoms with Crippen LogP contribution in [0.2, 0.25) is 0 Å². The molecule has 3 rings (SSSR count). The Kier molecular flexibility index (Phi) is 3.47. The lowest BCUT2D eigenvalue weighted by Gasteiger charge is -2.09. The SMILES string of the molecule is CC(=O)c1nnn(-c2ccccc2)c1Nc1ccccc1. The Morgan fingerprint density at radius 2 is 1.62 bits per heavy atom. The van der Waals surface area contributed by atoms with Gasteiger partial charge >= 0.3 is 0 Å². The molecule has 0 aliphatic carbocycles. The lowest BCUT2D eigenvalue weighted by Crippen LogP contribution is -2.05. The number of carbonyl (C=O) groups excluding carboxylic acids is 1. The van der Waals surface area contributed by atoms with Crippen LogP contribution in [0.25, 0.3) is 5.69 Å². The number of benzene rings is 2. The molecule has 0 amide bonds. The highest BCUT2D eigenvalue weighted by Gasteiger charge is 2.17. The van der Waals surface area contributed by atoms with Crippen LogP contribution in [-0.2, 0) is 0 Å². The van der Waals surface area contributed by atoms with E-state index in [-0.39, 0.29) is 5.78 Å². The minimum Gasteiger partial charge on any atom is -0.338 e. The lowest BCUT2D eigenvalue weighted by atomic mass is 10.2. The molecule has 0 aliphatic heterocycles. The Bertz CT molecular complexity index is 750. The fourth-order valence-electron chi connectivity index (χ4n) is 2.04. The molecule has 1 N–H and O–H groups in total. The van der Waals surface area contributed by atoms with Gasteiger partial charge in [0.05, 0.1) is 5.69 Å². The van der Waals surface area contributed by atoms with Crippen LogP contribution in [0, 0.1) is 0 Å². The highest BCUT2D eigenvalue weighted by molar-refractivity contribution is 5.97. The van der Waals surface area contributed by atoms with Gasteiger partial charge in [0.1, 0.15) is 0 Å². The molecule has 3 aromatic rings. The molecule has 0 saturated carbocycles. The Morgan fingerprint density at radius 1 is 1.00 bits per heavy atom. The van der Waals surface area contributed by atoms with Crippen LogP contribution in [0.5, 0.6) is 0 Å². The number of para-hydroxylation sites is 2. The molecule has 0 fully saturated rings. The maximum absolute atomic E-state index is 11.7. The van der Waals surface area contributed by atoms with Crippen molar-refractivity contribution in [1.82, 2.24) is 15.0 Å². The van der Waals surface area contributed by atoms with Gasteiger partial charge in [0.25, 0.3) is 0 Å². The predicted molar refractivity (Wildman–Crippen MR) is 81.1 cm³/mol. The van der Waals surface area contributed by atoms with Gasteiger partial charge in [-0.25, -0.2) is 0 Å². The van der Waals surface area contributed by atoms with Crippen molar-refractivity contribution in [2.45, 2.75) is 6.92 Å². The fourth-order valence-corrected chi connectivity index (χ4v) is 2.04. The summed E-state index contributed by atoms with van der Waals surface area (Å²) in [5.41, 5.74) is 2.04. The molecule has 0 spiro atoms. The number of ketones is 1. The summed E-state index contributed by atoms with van der Waals surface area (Å²) in [5, 5.41) is 11.3. The summed E-state index contributed by atoms with van der Waals surface area (Å²) in [6.45, 7) is 1.48. The summed E-state index contributed by atoms with van der Waals surface area (Å²) in [7, 11) is 0. The number of nitrogens with one attached hydrogen (secondary N) is 1. The molecule has 2 aromatic carbocycles. The number of Topliss-reactive ketones (excluding diaryl/α,β-unsaturated/α-hetero) is 1. The molecule has 0 radical (unpaired) electrons. The zero-order valence-corrected chi connectivity index (χ0v) is 11.5. The molecule has 21 heavy (non-hydrogen) atoms. The maximum atomic E-state index is 11.7. The third-order valence-corrected chi connectivity index (χ3v) is 3.04. The Hall–Kier alpha value is -2.95. The number of carbonyl (C=O) groups is 1. The molecule has 0 bridgehead atoms. The highest BCUT2D eigenvalue weighted by atomic mass is 16.1. The number of rotatable bonds is 4. The van der Waals surface area contributed by atoms with Crippen molar-refractivity contribution >= 4 is 17.3 Å². The van der Waals surface area contributed by atoms with Gasteiger partial charge in [0.15, 0.2) is 17.3 Å². The molecule has 0 atom stereocenters. The van der Waals surface area contributed by atoms with E-state index in [2.05, 4.69) is 15.6 Å². The minimum atomic E-state index is -0.129. The van der Waals surface area contributed by atoms with Gasteiger partial charge in [-0.3, -0.25) is 4.79 Å². The summed E-state index contributed by atoms with van der Waals surface area (Å²) in [6, 6.07) is 19.2. The topological polar surface area (TPSA) is 59.8 Å². The number of hydrogen-bond acceptors (Lipinski definition) is 4. The number of nitrogens with zero attached hydrogens (tertiary/aromatic N) is 3. The molecule has 0 unspecified atom stereocenters. The van der Waals surface area contributed by atoms with Gasteiger partial charge < -0.3 is 5.32 Å². The van der Waals surface area contributed by atoms with E-state index in [4.69, 9.17) is 0 Å². The van der Waals surface area contributed by atoms with E-state index >= 15 is 0 Å². The standard InChI is InChI=1S/C16H14N4O/c1-12(21)15-16(17-13-8-4-2-5-9-13)20(19-18-15)14-10-6-3-7-11-14/h2-11,17H,1H3. The number of anilines is 2. The molecule has 0 saturated heterocycles. The summed E-state index contributed by atoms with van der Waals surface area (Å²) < 4.78 is 1.63. The second-order valence-corrected chi connectivity index (χ2v) is 4.58. The average Bonchev–Trinajstić information content (AvgIpc) is 2.93. The van der Waals surface area contributed by atoms with Crippen molar-refractivity contribution in [2.75, 3.05) is 5.32 Å². The quantitative estimate of drug-likeness (QED) is 0.744. The number of hydrogen-bond donors (Lipinski definition) is 1. The third-order valence-electron chi connectivity index (χ3n) is 3.04. The van der Waals surface area contributed by atoms with Crippen LogP contribution in [0.15, 0.2) is 60.7 Å². The molecule has 0 aliphatic rings. The molecule has 5 heteroatoms. The monoisotopic (exact) mass is 278 g/mol. The lowest BCUT2D eigenvalue weighted by molar-refractivity contribution is 0.101. The maximum Gasteiger partial charge on any atom is 0.183 e. The first-order valence-electron chi connectivity index (χ1n) is 6.60. The van der Waals surface area contributed by atoms with Crippen LogP contribution >= 0.6 is 0 Å². The molecule has 104 valence electrons. The van der Waals surface area contributed by atoms with Crippen molar-refractivity contribution in [1.29, 1.82) is 0 Å². The van der Waals surface area contributed by atoms with Crippen LogP contribution in [0.4, 0.5) is 11.5 Å². The Balaban J connectivity index is 2.08. The van der Waals surface area contributed by atoms with Gasteiger partial charge in [-0.05, 0) is 24.3 Å². The molecule has 5 nitrogen and oxygen atoms in total. The van der Waals surface area contributed by atoms with Crippen molar-refractivity contribution in [3.8, 4) is 5.69 Å². The first-order chi connectivity index (χ1) is 10.3. The summed E-state index contributed by atoms with van der Waals surface area (Å²) >= 11 is 0. The molecular formula is C16H14N4O. The van der Waals surface area contributed by atoms with Gasteiger partial charge in [-0.2, -0.15) is 4.68 Å². The van der Waals surface area contributed by atoms with E-state index in [0.29, 0.717) is 11.5 Å². The third kappa shape index (κ3) is 2.67. The summed E-state index contributed by atoms with van der Waals surface area (Å²) in [4.78, 5) is 11.7. The summed E-state index contributed by atoms with van der Waals surface area (Å²) in [6.07, 6.45) is 0. The van der Waals surface area contributed by atoms with E-state index in [1.165, 1.54) is 6.92 Å². The Labute approximate surface area is 122 Å². The van der Waals surface area contributed by atoms with Crippen LogP contribution in [0.3, 0.4) is 0 Å². The number of aromatic nitrogens is 3. The van der Waals surface area contributed by atoms with Crippen LogP contribution in [0.1, 0.15) is 17.4 Å². The van der Waals surface area contributed by atoms with E-state index < -0.39 is 0 Å². The minimum absolute atomic E-state index is 0.129. The van der Waals surface area contributed by atoms with E-state index in [1.54, 1.807) is 4.68 Å². The van der Waals surface area contributed by atoms with E-state index in [1.807, 2.05) is 60.7 Å². The molecule has 1 aromatic heterocycles. The molecular weight excluding hydrogens is 264 g/mol. The van der Waals surface area contributed by atoms with Gasteiger partial charge in [0.2, 0.25) is 0 Å². The van der Waals surface area contributed by atoms with Gasteiger partial charge in [-0.15, -0.1) is 5.10 Å². The largest absolute Gasteiger partial charge is 0.338 e.